The Bertz CT molecular complexity index is 655. The first-order valence-electron chi connectivity index (χ1n) is 6.80. The zero-order valence-electron chi connectivity index (χ0n) is 11.9. The number of nitrogens with zero attached hydrogens (tertiary/aromatic N) is 1. The van der Waals surface area contributed by atoms with E-state index < -0.39 is 10.0 Å². The van der Waals surface area contributed by atoms with Crippen molar-refractivity contribution >= 4 is 10.0 Å². The van der Waals surface area contributed by atoms with Crippen LogP contribution in [0.2, 0.25) is 0 Å². The summed E-state index contributed by atoms with van der Waals surface area (Å²) in [4.78, 5) is 4.23. The Labute approximate surface area is 125 Å². The summed E-state index contributed by atoms with van der Waals surface area (Å²) in [6.07, 6.45) is 3.29. The highest BCUT2D eigenvalue weighted by Gasteiger charge is 2.13. The van der Waals surface area contributed by atoms with Crippen molar-refractivity contribution in [2.75, 3.05) is 6.54 Å². The SMILES string of the molecule is CCNCc1ccc(S(=O)(=O)NCc2cccnc2)cc1. The second-order valence-corrected chi connectivity index (χ2v) is 6.38. The summed E-state index contributed by atoms with van der Waals surface area (Å²) < 4.78 is 26.9. The van der Waals surface area contributed by atoms with Crippen LogP contribution in [0.15, 0.2) is 53.7 Å². The van der Waals surface area contributed by atoms with E-state index in [0.717, 1.165) is 24.2 Å². The van der Waals surface area contributed by atoms with E-state index in [-0.39, 0.29) is 11.4 Å². The van der Waals surface area contributed by atoms with Crippen LogP contribution < -0.4 is 10.0 Å². The minimum Gasteiger partial charge on any atom is -0.313 e. The van der Waals surface area contributed by atoms with E-state index >= 15 is 0 Å². The highest BCUT2D eigenvalue weighted by Crippen LogP contribution is 2.11. The molecule has 1 heterocycles. The van der Waals surface area contributed by atoms with Crippen molar-refractivity contribution in [3.05, 3.63) is 59.9 Å². The molecule has 1 aromatic heterocycles. The van der Waals surface area contributed by atoms with Crippen LogP contribution in [0.3, 0.4) is 0 Å². The van der Waals surface area contributed by atoms with Crippen LogP contribution in [-0.2, 0) is 23.1 Å². The lowest BCUT2D eigenvalue weighted by Gasteiger charge is -2.08. The molecule has 5 nitrogen and oxygen atoms in total. The number of hydrogen-bond acceptors (Lipinski definition) is 4. The van der Waals surface area contributed by atoms with Gasteiger partial charge in [0.1, 0.15) is 0 Å². The van der Waals surface area contributed by atoms with Gasteiger partial charge < -0.3 is 5.32 Å². The molecule has 0 unspecified atom stereocenters. The van der Waals surface area contributed by atoms with Gasteiger partial charge in [-0.05, 0) is 35.9 Å². The fraction of sp³-hybridized carbons (Fsp3) is 0.267. The van der Waals surface area contributed by atoms with E-state index in [1.54, 1.807) is 30.6 Å². The normalized spacial score (nSPS) is 11.5. The summed E-state index contributed by atoms with van der Waals surface area (Å²) >= 11 is 0. The molecular formula is C15H19N3O2S. The van der Waals surface area contributed by atoms with E-state index in [1.165, 1.54) is 0 Å². The van der Waals surface area contributed by atoms with E-state index in [4.69, 9.17) is 0 Å². The second-order valence-electron chi connectivity index (χ2n) is 4.61. The number of rotatable bonds is 7. The van der Waals surface area contributed by atoms with Crippen molar-refractivity contribution in [1.82, 2.24) is 15.0 Å². The number of sulfonamides is 1. The zero-order valence-corrected chi connectivity index (χ0v) is 12.7. The Morgan fingerprint density at radius 1 is 1.05 bits per heavy atom. The molecule has 2 rings (SSSR count). The first-order valence-corrected chi connectivity index (χ1v) is 8.28. The molecule has 0 atom stereocenters. The number of aromatic nitrogens is 1. The molecule has 21 heavy (non-hydrogen) atoms. The summed E-state index contributed by atoms with van der Waals surface area (Å²) in [5.74, 6) is 0. The Morgan fingerprint density at radius 2 is 1.81 bits per heavy atom. The summed E-state index contributed by atoms with van der Waals surface area (Å²) in [5, 5.41) is 3.20. The second kappa shape index (κ2) is 7.31. The van der Waals surface area contributed by atoms with Gasteiger partial charge in [-0.15, -0.1) is 0 Å². The topological polar surface area (TPSA) is 71.1 Å². The minimum atomic E-state index is -3.49. The highest BCUT2D eigenvalue weighted by atomic mass is 32.2. The number of nitrogens with one attached hydrogen (secondary N) is 2. The van der Waals surface area contributed by atoms with Crippen molar-refractivity contribution in [1.29, 1.82) is 0 Å². The zero-order chi connectivity index (χ0) is 15.1. The summed E-state index contributed by atoms with van der Waals surface area (Å²) in [6, 6.07) is 10.5. The predicted molar refractivity (Wildman–Crippen MR) is 82.1 cm³/mol. The van der Waals surface area contributed by atoms with E-state index in [2.05, 4.69) is 15.0 Å². The van der Waals surface area contributed by atoms with Gasteiger partial charge in [-0.3, -0.25) is 4.98 Å². The molecule has 0 fully saturated rings. The van der Waals surface area contributed by atoms with Gasteiger partial charge in [0.25, 0.3) is 0 Å². The minimum absolute atomic E-state index is 0.231. The van der Waals surface area contributed by atoms with Gasteiger partial charge in [-0.25, -0.2) is 13.1 Å². The Kier molecular flexibility index (Phi) is 5.44. The van der Waals surface area contributed by atoms with Crippen LogP contribution in [0.5, 0.6) is 0 Å². The molecule has 2 aromatic rings. The molecule has 0 aliphatic rings. The summed E-state index contributed by atoms with van der Waals surface area (Å²) in [6.45, 7) is 3.88. The molecule has 112 valence electrons. The molecule has 1 aromatic carbocycles. The maximum atomic E-state index is 12.2. The van der Waals surface area contributed by atoms with E-state index in [0.29, 0.717) is 0 Å². The molecule has 0 aliphatic heterocycles. The lowest BCUT2D eigenvalue weighted by molar-refractivity contribution is 0.581. The number of pyridine rings is 1. The fourth-order valence-corrected chi connectivity index (χ4v) is 2.84. The monoisotopic (exact) mass is 305 g/mol. The molecule has 0 saturated carbocycles. The van der Waals surface area contributed by atoms with Crippen molar-refractivity contribution < 1.29 is 8.42 Å². The molecule has 6 heteroatoms. The van der Waals surface area contributed by atoms with Gasteiger partial charge in [0.05, 0.1) is 4.90 Å². The average molecular weight is 305 g/mol. The van der Waals surface area contributed by atoms with Gasteiger partial charge in [0.2, 0.25) is 10.0 Å². The molecule has 0 bridgehead atoms. The third-order valence-corrected chi connectivity index (χ3v) is 4.42. The Balaban J connectivity index is 2.02. The van der Waals surface area contributed by atoms with Crippen LogP contribution >= 0.6 is 0 Å². The van der Waals surface area contributed by atoms with Crippen LogP contribution in [-0.4, -0.2) is 19.9 Å². The van der Waals surface area contributed by atoms with Crippen LogP contribution in [0, 0.1) is 0 Å². The number of hydrogen-bond donors (Lipinski definition) is 2. The maximum Gasteiger partial charge on any atom is 0.240 e. The van der Waals surface area contributed by atoms with Crippen molar-refractivity contribution in [3.63, 3.8) is 0 Å². The molecule has 0 aliphatic carbocycles. The first-order chi connectivity index (χ1) is 10.1. The largest absolute Gasteiger partial charge is 0.313 e. The van der Waals surface area contributed by atoms with Crippen molar-refractivity contribution in [2.45, 2.75) is 24.9 Å². The molecule has 0 amide bonds. The van der Waals surface area contributed by atoms with Gasteiger partial charge in [-0.1, -0.05) is 25.1 Å². The predicted octanol–water partition coefficient (Wildman–Crippen LogP) is 1.67. The summed E-state index contributed by atoms with van der Waals surface area (Å²) in [7, 11) is -3.49. The maximum absolute atomic E-state index is 12.2. The molecule has 0 spiro atoms. The standard InChI is InChI=1S/C15H19N3O2S/c1-2-16-10-13-5-7-15(8-6-13)21(19,20)18-12-14-4-3-9-17-11-14/h3-9,11,16,18H,2,10,12H2,1H3. The lowest BCUT2D eigenvalue weighted by Crippen LogP contribution is -2.23. The summed E-state index contributed by atoms with van der Waals surface area (Å²) in [5.41, 5.74) is 1.88. The fourth-order valence-electron chi connectivity index (χ4n) is 1.82. The van der Waals surface area contributed by atoms with E-state index in [1.807, 2.05) is 25.1 Å². The van der Waals surface area contributed by atoms with Gasteiger partial charge in [0.15, 0.2) is 0 Å². The van der Waals surface area contributed by atoms with Crippen LogP contribution in [0.25, 0.3) is 0 Å². The quantitative estimate of drug-likeness (QED) is 0.816. The lowest BCUT2D eigenvalue weighted by atomic mass is 10.2. The van der Waals surface area contributed by atoms with Gasteiger partial charge >= 0.3 is 0 Å². The van der Waals surface area contributed by atoms with Gasteiger partial charge in [0, 0.05) is 25.5 Å². The Morgan fingerprint density at radius 3 is 2.43 bits per heavy atom. The highest BCUT2D eigenvalue weighted by molar-refractivity contribution is 7.89. The van der Waals surface area contributed by atoms with Crippen molar-refractivity contribution in [3.8, 4) is 0 Å². The number of benzene rings is 1. The van der Waals surface area contributed by atoms with E-state index in [9.17, 15) is 8.42 Å². The van der Waals surface area contributed by atoms with Gasteiger partial charge in [-0.2, -0.15) is 0 Å². The molecular weight excluding hydrogens is 286 g/mol. The molecule has 2 N–H and O–H groups in total. The molecule has 0 radical (unpaired) electrons. The van der Waals surface area contributed by atoms with Crippen molar-refractivity contribution in [2.24, 2.45) is 0 Å². The van der Waals surface area contributed by atoms with Crippen LogP contribution in [0.4, 0.5) is 0 Å². The average Bonchev–Trinajstić information content (AvgIpc) is 2.52. The molecule has 0 saturated heterocycles. The third kappa shape index (κ3) is 4.63. The smallest absolute Gasteiger partial charge is 0.240 e. The van der Waals surface area contributed by atoms with Crippen LogP contribution in [0.1, 0.15) is 18.1 Å². The third-order valence-electron chi connectivity index (χ3n) is 3.00. The Hall–Kier alpha value is -1.76. The first kappa shape index (κ1) is 15.6.